The second-order valence-electron chi connectivity index (χ2n) is 7.98. The minimum absolute atomic E-state index is 0.142. The topological polar surface area (TPSA) is 102 Å². The molecular formula is C20H40N2O4. The number of esters is 1. The summed E-state index contributed by atoms with van der Waals surface area (Å²) in [4.78, 5) is 23.9. The molecule has 0 aliphatic rings. The molecule has 0 rings (SSSR count). The number of unbranched alkanes of at least 4 members (excludes halogenated alkanes) is 4. The lowest BCUT2D eigenvalue weighted by molar-refractivity contribution is -0.173. The Labute approximate surface area is 159 Å². The van der Waals surface area contributed by atoms with Gasteiger partial charge in [-0.25, -0.2) is 4.79 Å². The Kier molecular flexibility index (Phi) is 13.4. The number of aliphatic hydroxyl groups is 1. The van der Waals surface area contributed by atoms with Crippen LogP contribution in [0.5, 0.6) is 0 Å². The van der Waals surface area contributed by atoms with E-state index in [9.17, 15) is 14.7 Å². The smallest absolute Gasteiger partial charge is 0.359 e. The largest absolute Gasteiger partial charge is 0.462 e. The summed E-state index contributed by atoms with van der Waals surface area (Å²) in [6.45, 7) is 8.67. The summed E-state index contributed by atoms with van der Waals surface area (Å²) in [7, 11) is 0. The molecule has 0 saturated heterocycles. The van der Waals surface area contributed by atoms with Gasteiger partial charge < -0.3 is 20.9 Å². The molecule has 154 valence electrons. The first-order chi connectivity index (χ1) is 12.2. The van der Waals surface area contributed by atoms with Crippen molar-refractivity contribution >= 4 is 11.9 Å². The van der Waals surface area contributed by atoms with E-state index in [1.54, 1.807) is 0 Å². The lowest BCUT2D eigenvalue weighted by Gasteiger charge is -2.27. The fraction of sp³-hybridized carbons (Fsp3) is 0.900. The molecule has 0 spiro atoms. The Bertz CT molecular complexity index is 399. The summed E-state index contributed by atoms with van der Waals surface area (Å²) in [5.74, 6) is -0.0492. The van der Waals surface area contributed by atoms with E-state index >= 15 is 0 Å². The van der Waals surface area contributed by atoms with Crippen LogP contribution in [0.1, 0.15) is 85.5 Å². The molecular weight excluding hydrogens is 332 g/mol. The third kappa shape index (κ3) is 12.3. The van der Waals surface area contributed by atoms with E-state index in [0.717, 1.165) is 44.9 Å². The molecule has 0 aromatic carbocycles. The minimum atomic E-state index is -1.98. The van der Waals surface area contributed by atoms with Crippen LogP contribution in [-0.4, -0.2) is 35.9 Å². The van der Waals surface area contributed by atoms with Crippen molar-refractivity contribution in [2.75, 3.05) is 13.2 Å². The summed E-state index contributed by atoms with van der Waals surface area (Å²) in [5, 5.41) is 12.9. The molecule has 1 atom stereocenters. The van der Waals surface area contributed by atoms with Crippen LogP contribution in [0.2, 0.25) is 0 Å². The van der Waals surface area contributed by atoms with Crippen molar-refractivity contribution in [2.45, 2.75) is 91.2 Å². The Morgan fingerprint density at radius 2 is 1.50 bits per heavy atom. The molecule has 0 aromatic heterocycles. The predicted octanol–water partition coefficient (Wildman–Crippen LogP) is 3.12. The lowest BCUT2D eigenvalue weighted by Crippen LogP contribution is -2.56. The first-order valence-electron chi connectivity index (χ1n) is 10.1. The highest BCUT2D eigenvalue weighted by Gasteiger charge is 2.38. The lowest BCUT2D eigenvalue weighted by atomic mass is 10.0. The molecule has 0 aromatic rings. The number of hydrogen-bond donors (Lipinski definition) is 3. The van der Waals surface area contributed by atoms with Gasteiger partial charge in [0, 0.05) is 6.42 Å². The molecule has 0 saturated carbocycles. The fourth-order valence-corrected chi connectivity index (χ4v) is 2.72. The van der Waals surface area contributed by atoms with E-state index in [4.69, 9.17) is 10.5 Å². The van der Waals surface area contributed by atoms with Gasteiger partial charge in [-0.3, -0.25) is 4.79 Å². The highest BCUT2D eigenvalue weighted by Crippen LogP contribution is 2.17. The number of rotatable bonds is 15. The molecule has 0 aliphatic carbocycles. The van der Waals surface area contributed by atoms with E-state index in [0.29, 0.717) is 18.3 Å². The number of nitrogens with one attached hydrogen (secondary N) is 1. The molecule has 1 amide bonds. The second-order valence-corrected chi connectivity index (χ2v) is 7.98. The SMILES string of the molecule is CC(C)CCCCCOC(=O)C(O)(CCCCCC(C)C)NC(=O)CN. The molecule has 1 unspecified atom stereocenters. The number of hydrogen-bond acceptors (Lipinski definition) is 5. The van der Waals surface area contributed by atoms with Crippen LogP contribution in [0.25, 0.3) is 0 Å². The van der Waals surface area contributed by atoms with E-state index in [1.165, 1.54) is 0 Å². The third-order valence-electron chi connectivity index (χ3n) is 4.35. The highest BCUT2D eigenvalue weighted by atomic mass is 16.6. The van der Waals surface area contributed by atoms with Gasteiger partial charge in [-0.2, -0.15) is 0 Å². The zero-order valence-corrected chi connectivity index (χ0v) is 17.2. The number of carbonyl (C=O) groups excluding carboxylic acids is 2. The van der Waals surface area contributed by atoms with Gasteiger partial charge in [0.05, 0.1) is 13.2 Å². The van der Waals surface area contributed by atoms with Gasteiger partial charge in [-0.15, -0.1) is 0 Å². The van der Waals surface area contributed by atoms with Crippen LogP contribution in [0.3, 0.4) is 0 Å². The maximum absolute atomic E-state index is 12.3. The molecule has 0 fully saturated rings. The molecule has 0 heterocycles. The molecule has 6 nitrogen and oxygen atoms in total. The van der Waals surface area contributed by atoms with Crippen molar-refractivity contribution in [3.05, 3.63) is 0 Å². The van der Waals surface area contributed by atoms with Crippen LogP contribution in [0.4, 0.5) is 0 Å². The molecule has 6 heteroatoms. The van der Waals surface area contributed by atoms with Crippen molar-refractivity contribution in [3.8, 4) is 0 Å². The Morgan fingerprint density at radius 3 is 2.00 bits per heavy atom. The van der Waals surface area contributed by atoms with Crippen molar-refractivity contribution in [1.82, 2.24) is 5.32 Å². The fourth-order valence-electron chi connectivity index (χ4n) is 2.72. The zero-order valence-electron chi connectivity index (χ0n) is 17.2. The average molecular weight is 373 g/mol. The van der Waals surface area contributed by atoms with Gasteiger partial charge in [0.2, 0.25) is 11.6 Å². The maximum atomic E-state index is 12.3. The predicted molar refractivity (Wildman–Crippen MR) is 104 cm³/mol. The van der Waals surface area contributed by atoms with Crippen molar-refractivity contribution < 1.29 is 19.4 Å². The van der Waals surface area contributed by atoms with Gasteiger partial charge in [0.25, 0.3) is 0 Å². The summed E-state index contributed by atoms with van der Waals surface area (Å²) < 4.78 is 5.21. The molecule has 4 N–H and O–H groups in total. The Balaban J connectivity index is 4.35. The third-order valence-corrected chi connectivity index (χ3v) is 4.35. The maximum Gasteiger partial charge on any atom is 0.359 e. The minimum Gasteiger partial charge on any atom is -0.462 e. The standard InChI is InChI=1S/C20H40N2O4/c1-16(2)11-7-5-9-13-20(25,22-18(23)15-21)19(24)26-14-10-6-8-12-17(3)4/h16-17,25H,5-15,21H2,1-4H3,(H,22,23). The normalized spacial score (nSPS) is 13.7. The number of carbonyl (C=O) groups is 2. The van der Waals surface area contributed by atoms with Crippen molar-refractivity contribution in [2.24, 2.45) is 17.6 Å². The average Bonchev–Trinajstić information content (AvgIpc) is 2.56. The Morgan fingerprint density at radius 1 is 0.962 bits per heavy atom. The van der Waals surface area contributed by atoms with Gasteiger partial charge in [-0.05, 0) is 24.7 Å². The van der Waals surface area contributed by atoms with E-state index in [2.05, 4.69) is 33.0 Å². The summed E-state index contributed by atoms with van der Waals surface area (Å²) >= 11 is 0. The monoisotopic (exact) mass is 372 g/mol. The van der Waals surface area contributed by atoms with Crippen LogP contribution >= 0.6 is 0 Å². The van der Waals surface area contributed by atoms with Crippen LogP contribution < -0.4 is 11.1 Å². The number of amides is 1. The number of ether oxygens (including phenoxy) is 1. The van der Waals surface area contributed by atoms with E-state index in [-0.39, 0.29) is 19.6 Å². The molecule has 0 aliphatic heterocycles. The first-order valence-corrected chi connectivity index (χ1v) is 10.1. The second kappa shape index (κ2) is 14.0. The zero-order chi connectivity index (χ0) is 20.0. The Hall–Kier alpha value is -1.14. The van der Waals surface area contributed by atoms with Crippen LogP contribution in [-0.2, 0) is 14.3 Å². The van der Waals surface area contributed by atoms with Crippen molar-refractivity contribution in [3.63, 3.8) is 0 Å². The van der Waals surface area contributed by atoms with E-state index in [1.807, 2.05) is 0 Å². The van der Waals surface area contributed by atoms with Gasteiger partial charge >= 0.3 is 5.97 Å². The summed E-state index contributed by atoms with van der Waals surface area (Å²) in [6.07, 6.45) is 7.79. The van der Waals surface area contributed by atoms with E-state index < -0.39 is 17.6 Å². The quantitative estimate of drug-likeness (QED) is 0.233. The summed E-state index contributed by atoms with van der Waals surface area (Å²) in [5.41, 5.74) is 3.31. The highest BCUT2D eigenvalue weighted by molar-refractivity contribution is 5.87. The van der Waals surface area contributed by atoms with Gasteiger partial charge in [-0.1, -0.05) is 66.2 Å². The molecule has 0 bridgehead atoms. The van der Waals surface area contributed by atoms with Crippen LogP contribution in [0.15, 0.2) is 0 Å². The molecule has 0 radical (unpaired) electrons. The van der Waals surface area contributed by atoms with Crippen LogP contribution in [0, 0.1) is 11.8 Å². The number of nitrogens with two attached hydrogens (primary N) is 1. The van der Waals surface area contributed by atoms with Gasteiger partial charge in [0.15, 0.2) is 0 Å². The van der Waals surface area contributed by atoms with Crippen molar-refractivity contribution in [1.29, 1.82) is 0 Å². The van der Waals surface area contributed by atoms with Gasteiger partial charge in [0.1, 0.15) is 0 Å². The summed E-state index contributed by atoms with van der Waals surface area (Å²) in [6, 6.07) is 0. The first kappa shape index (κ1) is 24.9. The molecule has 26 heavy (non-hydrogen) atoms.